The predicted octanol–water partition coefficient (Wildman–Crippen LogP) is 3.30. The fraction of sp³-hybridized carbons (Fsp3) is 0.533. The maximum Gasteiger partial charge on any atom is 0.337 e. The molecule has 3 nitrogen and oxygen atoms in total. The summed E-state index contributed by atoms with van der Waals surface area (Å²) in [5, 5.41) is 0. The van der Waals surface area contributed by atoms with E-state index in [1.54, 1.807) is 12.1 Å². The molecule has 0 aliphatic heterocycles. The Morgan fingerprint density at radius 3 is 2.28 bits per heavy atom. The van der Waals surface area contributed by atoms with Crippen LogP contribution in [0.4, 0.5) is 0 Å². The van der Waals surface area contributed by atoms with E-state index in [1.807, 2.05) is 12.1 Å². The van der Waals surface area contributed by atoms with E-state index < -0.39 is 0 Å². The normalized spacial score (nSPS) is 13.2. The molecular weight excluding hydrogens is 226 g/mol. The highest BCUT2D eigenvalue weighted by molar-refractivity contribution is 5.89. The van der Waals surface area contributed by atoms with E-state index in [0.29, 0.717) is 11.0 Å². The van der Waals surface area contributed by atoms with Crippen molar-refractivity contribution in [2.45, 2.75) is 39.7 Å². The van der Waals surface area contributed by atoms with Gasteiger partial charge in [0.25, 0.3) is 0 Å². The molecule has 0 saturated heterocycles. The van der Waals surface area contributed by atoms with Gasteiger partial charge in [-0.1, -0.05) is 32.9 Å². The SMILES string of the molecule is COC(=O)c1ccc([C@H](N)CCC(C)(C)C)cc1. The molecule has 0 spiro atoms. The maximum absolute atomic E-state index is 11.3. The van der Waals surface area contributed by atoms with Crippen molar-refractivity contribution in [3.05, 3.63) is 35.4 Å². The Hall–Kier alpha value is -1.35. The van der Waals surface area contributed by atoms with Gasteiger partial charge in [-0.25, -0.2) is 4.79 Å². The van der Waals surface area contributed by atoms with Gasteiger partial charge in [0.05, 0.1) is 12.7 Å². The van der Waals surface area contributed by atoms with E-state index in [9.17, 15) is 4.79 Å². The van der Waals surface area contributed by atoms with Gasteiger partial charge in [-0.3, -0.25) is 0 Å². The quantitative estimate of drug-likeness (QED) is 0.833. The molecular formula is C15H23NO2. The molecule has 0 unspecified atom stereocenters. The Labute approximate surface area is 109 Å². The summed E-state index contributed by atoms with van der Waals surface area (Å²) in [5.41, 5.74) is 8.06. The van der Waals surface area contributed by atoms with Crippen LogP contribution in [0.1, 0.15) is 55.6 Å². The standard InChI is InChI=1S/C15H23NO2/c1-15(2,3)10-9-13(16)11-5-7-12(8-6-11)14(17)18-4/h5-8,13H,9-10,16H2,1-4H3/t13-/m1/s1. The Morgan fingerprint density at radius 2 is 1.83 bits per heavy atom. The first-order valence-electron chi connectivity index (χ1n) is 6.27. The van der Waals surface area contributed by atoms with E-state index in [1.165, 1.54) is 7.11 Å². The number of methoxy groups -OCH3 is 1. The van der Waals surface area contributed by atoms with Crippen molar-refractivity contribution in [2.24, 2.45) is 11.1 Å². The molecule has 0 aromatic heterocycles. The van der Waals surface area contributed by atoms with Crippen LogP contribution in [0, 0.1) is 5.41 Å². The van der Waals surface area contributed by atoms with E-state index in [2.05, 4.69) is 25.5 Å². The first-order valence-corrected chi connectivity index (χ1v) is 6.27. The zero-order valence-corrected chi connectivity index (χ0v) is 11.7. The lowest BCUT2D eigenvalue weighted by atomic mass is 9.87. The van der Waals surface area contributed by atoms with E-state index in [-0.39, 0.29) is 12.0 Å². The fourth-order valence-electron chi connectivity index (χ4n) is 1.74. The average molecular weight is 249 g/mol. The minimum Gasteiger partial charge on any atom is -0.465 e. The lowest BCUT2D eigenvalue weighted by Gasteiger charge is -2.21. The third-order valence-corrected chi connectivity index (χ3v) is 2.97. The molecule has 18 heavy (non-hydrogen) atoms. The molecule has 2 N–H and O–H groups in total. The average Bonchev–Trinajstić information content (AvgIpc) is 2.34. The second-order valence-electron chi connectivity index (χ2n) is 5.82. The first kappa shape index (κ1) is 14.7. The summed E-state index contributed by atoms with van der Waals surface area (Å²) in [5.74, 6) is -0.315. The highest BCUT2D eigenvalue weighted by atomic mass is 16.5. The fourth-order valence-corrected chi connectivity index (χ4v) is 1.74. The van der Waals surface area contributed by atoms with E-state index >= 15 is 0 Å². The van der Waals surface area contributed by atoms with Crippen LogP contribution in [0.5, 0.6) is 0 Å². The molecule has 0 radical (unpaired) electrons. The molecule has 0 saturated carbocycles. The molecule has 0 aliphatic rings. The summed E-state index contributed by atoms with van der Waals surface area (Å²) in [6, 6.07) is 7.35. The monoisotopic (exact) mass is 249 g/mol. The number of carbonyl (C=O) groups excluding carboxylic acids is 1. The summed E-state index contributed by atoms with van der Waals surface area (Å²) < 4.78 is 4.66. The van der Waals surface area contributed by atoms with Gasteiger partial charge in [-0.05, 0) is 36.0 Å². The van der Waals surface area contributed by atoms with Crippen LogP contribution < -0.4 is 5.73 Å². The van der Waals surface area contributed by atoms with Gasteiger partial charge in [0.2, 0.25) is 0 Å². The van der Waals surface area contributed by atoms with Crippen molar-refractivity contribution in [3.63, 3.8) is 0 Å². The molecule has 0 aliphatic carbocycles. The van der Waals surface area contributed by atoms with Gasteiger partial charge in [0, 0.05) is 6.04 Å². The highest BCUT2D eigenvalue weighted by Crippen LogP contribution is 2.26. The van der Waals surface area contributed by atoms with E-state index in [0.717, 1.165) is 18.4 Å². The van der Waals surface area contributed by atoms with Crippen molar-refractivity contribution in [1.82, 2.24) is 0 Å². The van der Waals surface area contributed by atoms with Crippen molar-refractivity contribution >= 4 is 5.97 Å². The van der Waals surface area contributed by atoms with Gasteiger partial charge in [0.1, 0.15) is 0 Å². The summed E-state index contributed by atoms with van der Waals surface area (Å²) >= 11 is 0. The van der Waals surface area contributed by atoms with Crippen LogP contribution in [0.15, 0.2) is 24.3 Å². The number of benzene rings is 1. The van der Waals surface area contributed by atoms with Crippen LogP contribution in [0.25, 0.3) is 0 Å². The molecule has 1 aromatic rings. The number of hydrogen-bond donors (Lipinski definition) is 1. The molecule has 0 heterocycles. The van der Waals surface area contributed by atoms with Gasteiger partial charge in [-0.15, -0.1) is 0 Å². The summed E-state index contributed by atoms with van der Waals surface area (Å²) in [6.07, 6.45) is 2.02. The van der Waals surface area contributed by atoms with Crippen LogP contribution in [0.3, 0.4) is 0 Å². The maximum atomic E-state index is 11.3. The number of carbonyl (C=O) groups is 1. The molecule has 3 heteroatoms. The Balaban J connectivity index is 2.64. The topological polar surface area (TPSA) is 52.3 Å². The predicted molar refractivity (Wildman–Crippen MR) is 73.4 cm³/mol. The number of hydrogen-bond acceptors (Lipinski definition) is 3. The van der Waals surface area contributed by atoms with Gasteiger partial charge < -0.3 is 10.5 Å². The first-order chi connectivity index (χ1) is 8.33. The molecule has 0 fully saturated rings. The number of esters is 1. The summed E-state index contributed by atoms with van der Waals surface area (Å²) in [7, 11) is 1.38. The van der Waals surface area contributed by atoms with E-state index in [4.69, 9.17) is 5.73 Å². The number of rotatable bonds is 4. The lowest BCUT2D eigenvalue weighted by Crippen LogP contribution is -2.15. The number of nitrogens with two attached hydrogens (primary N) is 1. The lowest BCUT2D eigenvalue weighted by molar-refractivity contribution is 0.0600. The minimum absolute atomic E-state index is 0.0240. The van der Waals surface area contributed by atoms with Crippen LogP contribution in [-0.4, -0.2) is 13.1 Å². The molecule has 1 aromatic carbocycles. The van der Waals surface area contributed by atoms with Crippen LogP contribution in [0.2, 0.25) is 0 Å². The third-order valence-electron chi connectivity index (χ3n) is 2.97. The third kappa shape index (κ3) is 4.49. The van der Waals surface area contributed by atoms with Gasteiger partial charge in [0.15, 0.2) is 0 Å². The van der Waals surface area contributed by atoms with Gasteiger partial charge >= 0.3 is 5.97 Å². The Bertz CT molecular complexity index is 390. The Morgan fingerprint density at radius 1 is 1.28 bits per heavy atom. The zero-order chi connectivity index (χ0) is 13.8. The van der Waals surface area contributed by atoms with Crippen molar-refractivity contribution in [2.75, 3.05) is 7.11 Å². The van der Waals surface area contributed by atoms with Crippen LogP contribution >= 0.6 is 0 Å². The molecule has 0 bridgehead atoms. The minimum atomic E-state index is -0.315. The summed E-state index contributed by atoms with van der Waals surface area (Å²) in [4.78, 5) is 11.3. The Kier molecular flexibility index (Phi) is 4.91. The second kappa shape index (κ2) is 6.01. The highest BCUT2D eigenvalue weighted by Gasteiger charge is 2.14. The molecule has 1 atom stereocenters. The van der Waals surface area contributed by atoms with Crippen molar-refractivity contribution in [3.8, 4) is 0 Å². The molecule has 0 amide bonds. The van der Waals surface area contributed by atoms with Crippen LogP contribution in [-0.2, 0) is 4.74 Å². The summed E-state index contributed by atoms with van der Waals surface area (Å²) in [6.45, 7) is 6.63. The van der Waals surface area contributed by atoms with Crippen molar-refractivity contribution < 1.29 is 9.53 Å². The zero-order valence-electron chi connectivity index (χ0n) is 11.7. The largest absolute Gasteiger partial charge is 0.465 e. The number of ether oxygens (including phenoxy) is 1. The molecule has 100 valence electrons. The second-order valence-corrected chi connectivity index (χ2v) is 5.82. The molecule has 1 rings (SSSR count). The van der Waals surface area contributed by atoms with Gasteiger partial charge in [-0.2, -0.15) is 0 Å². The van der Waals surface area contributed by atoms with Crippen molar-refractivity contribution in [1.29, 1.82) is 0 Å². The smallest absolute Gasteiger partial charge is 0.337 e.